The molecule has 0 spiro atoms. The number of hydrogen-bond donors (Lipinski definition) is 2. The van der Waals surface area contributed by atoms with E-state index in [1.165, 1.54) is 6.42 Å². The summed E-state index contributed by atoms with van der Waals surface area (Å²) >= 11 is 0. The molecule has 0 atom stereocenters. The van der Waals surface area contributed by atoms with Crippen molar-refractivity contribution in [3.8, 4) is 0 Å². The smallest absolute Gasteiger partial charge is 0.316 e. The zero-order valence-electron chi connectivity index (χ0n) is 8.12. The van der Waals surface area contributed by atoms with Crippen molar-refractivity contribution >= 4 is 12.0 Å². The van der Waals surface area contributed by atoms with Crippen LogP contribution in [0.5, 0.6) is 0 Å². The van der Waals surface area contributed by atoms with E-state index < -0.39 is 0 Å². The maximum atomic E-state index is 5.42. The fourth-order valence-corrected chi connectivity index (χ4v) is 1.57. The number of ether oxygens (including phenoxy) is 1. The van der Waals surface area contributed by atoms with Crippen molar-refractivity contribution in [3.63, 3.8) is 0 Å². The Balaban J connectivity index is 1.87. The summed E-state index contributed by atoms with van der Waals surface area (Å²) < 4.78 is 10.4. The van der Waals surface area contributed by atoms with E-state index in [1.807, 2.05) is 0 Å². The second-order valence-corrected chi connectivity index (χ2v) is 3.54. The largest absolute Gasteiger partial charge is 0.390 e. The van der Waals surface area contributed by atoms with Gasteiger partial charge in [0.2, 0.25) is 0 Å². The molecule has 0 saturated heterocycles. The first-order valence-electron chi connectivity index (χ1n) is 4.62. The minimum atomic E-state index is -0.0523. The molecule has 1 aliphatic carbocycles. The first-order valence-corrected chi connectivity index (χ1v) is 4.62. The summed E-state index contributed by atoms with van der Waals surface area (Å²) in [5.41, 5.74) is 5.23. The lowest BCUT2D eigenvalue weighted by Crippen LogP contribution is -2.45. The molecular formula is C8H14N4O2. The van der Waals surface area contributed by atoms with Crippen LogP contribution < -0.4 is 11.1 Å². The molecule has 1 fully saturated rings. The Kier molecular flexibility index (Phi) is 2.28. The zero-order chi connectivity index (χ0) is 10.0. The lowest BCUT2D eigenvalue weighted by Gasteiger charge is -2.40. The van der Waals surface area contributed by atoms with Crippen LogP contribution in [0, 0.1) is 0 Å². The van der Waals surface area contributed by atoms with Crippen LogP contribution in [-0.4, -0.2) is 29.5 Å². The molecule has 1 saturated carbocycles. The molecule has 14 heavy (non-hydrogen) atoms. The molecule has 6 nitrogen and oxygen atoms in total. The lowest BCUT2D eigenvalue weighted by molar-refractivity contribution is -0.0604. The monoisotopic (exact) mass is 198 g/mol. The Morgan fingerprint density at radius 3 is 2.79 bits per heavy atom. The van der Waals surface area contributed by atoms with Crippen LogP contribution in [0.3, 0.4) is 0 Å². The Morgan fingerprint density at radius 2 is 2.36 bits per heavy atom. The maximum absolute atomic E-state index is 5.42. The first kappa shape index (κ1) is 9.26. The van der Waals surface area contributed by atoms with Gasteiger partial charge in [-0.3, -0.25) is 0 Å². The van der Waals surface area contributed by atoms with E-state index in [4.69, 9.17) is 14.9 Å². The molecule has 0 unspecified atom stereocenters. The number of nitrogen functional groups attached to an aromatic ring is 1. The van der Waals surface area contributed by atoms with E-state index >= 15 is 0 Å². The third kappa shape index (κ3) is 1.65. The van der Waals surface area contributed by atoms with Crippen LogP contribution in [0.4, 0.5) is 12.0 Å². The van der Waals surface area contributed by atoms with Gasteiger partial charge in [0.05, 0.1) is 5.60 Å². The highest BCUT2D eigenvalue weighted by Crippen LogP contribution is 2.34. The van der Waals surface area contributed by atoms with Gasteiger partial charge in [0, 0.05) is 13.7 Å². The van der Waals surface area contributed by atoms with Gasteiger partial charge in [-0.15, -0.1) is 0 Å². The molecule has 6 heteroatoms. The van der Waals surface area contributed by atoms with Crippen LogP contribution in [0.1, 0.15) is 19.3 Å². The highest BCUT2D eigenvalue weighted by Gasteiger charge is 2.37. The molecule has 1 aliphatic rings. The standard InChI is InChI=1S/C8H14N4O2/c1-13-8(3-2-4-8)5-10-7-12-11-6(9)14-7/h2-5H2,1H3,(H2,9,11)(H,10,12). The summed E-state index contributed by atoms with van der Waals surface area (Å²) in [6, 6.07) is 0.429. The molecular weight excluding hydrogens is 184 g/mol. The van der Waals surface area contributed by atoms with E-state index in [9.17, 15) is 0 Å². The molecule has 0 aliphatic heterocycles. The number of anilines is 2. The van der Waals surface area contributed by atoms with Gasteiger partial charge in [-0.2, -0.15) is 0 Å². The van der Waals surface area contributed by atoms with E-state index in [0.29, 0.717) is 12.6 Å². The molecule has 3 N–H and O–H groups in total. The third-order valence-corrected chi connectivity index (χ3v) is 2.70. The summed E-state index contributed by atoms with van der Waals surface area (Å²) in [4.78, 5) is 0. The summed E-state index contributed by atoms with van der Waals surface area (Å²) in [7, 11) is 1.73. The lowest BCUT2D eigenvalue weighted by atomic mass is 9.80. The molecule has 1 aromatic heterocycles. The summed E-state index contributed by atoms with van der Waals surface area (Å²) in [5, 5.41) is 10.3. The molecule has 1 aromatic rings. The van der Waals surface area contributed by atoms with Gasteiger partial charge in [0.25, 0.3) is 0 Å². The number of nitrogens with one attached hydrogen (secondary N) is 1. The molecule has 0 aromatic carbocycles. The minimum Gasteiger partial charge on any atom is -0.390 e. The van der Waals surface area contributed by atoms with Crippen molar-refractivity contribution in [3.05, 3.63) is 0 Å². The van der Waals surface area contributed by atoms with E-state index in [-0.39, 0.29) is 11.6 Å². The predicted octanol–water partition coefficient (Wildman–Crippen LogP) is 0.633. The molecule has 0 radical (unpaired) electrons. The Morgan fingerprint density at radius 1 is 1.57 bits per heavy atom. The number of aromatic nitrogens is 2. The van der Waals surface area contributed by atoms with Crippen LogP contribution >= 0.6 is 0 Å². The SMILES string of the molecule is COC1(CNc2nnc(N)o2)CCC1. The highest BCUT2D eigenvalue weighted by atomic mass is 16.5. The van der Waals surface area contributed by atoms with Crippen LogP contribution in [0.15, 0.2) is 4.42 Å². The first-order chi connectivity index (χ1) is 6.74. The third-order valence-electron chi connectivity index (χ3n) is 2.70. The van der Waals surface area contributed by atoms with E-state index in [2.05, 4.69) is 15.5 Å². The van der Waals surface area contributed by atoms with Gasteiger partial charge in [-0.1, -0.05) is 10.2 Å². The number of hydrogen-bond acceptors (Lipinski definition) is 6. The van der Waals surface area contributed by atoms with Gasteiger partial charge in [0.15, 0.2) is 0 Å². The molecule has 0 bridgehead atoms. The normalized spacial score (nSPS) is 18.9. The van der Waals surface area contributed by atoms with Crippen molar-refractivity contribution in [2.75, 3.05) is 24.7 Å². The van der Waals surface area contributed by atoms with Crippen LogP contribution in [0.25, 0.3) is 0 Å². The molecule has 1 heterocycles. The van der Waals surface area contributed by atoms with Crippen LogP contribution in [0.2, 0.25) is 0 Å². The van der Waals surface area contributed by atoms with Gasteiger partial charge in [-0.05, 0) is 19.3 Å². The quantitative estimate of drug-likeness (QED) is 0.738. The van der Waals surface area contributed by atoms with Crippen molar-refractivity contribution in [2.24, 2.45) is 0 Å². The Hall–Kier alpha value is -1.30. The fraction of sp³-hybridized carbons (Fsp3) is 0.750. The Labute approximate surface area is 81.8 Å². The number of nitrogens with two attached hydrogens (primary N) is 1. The average Bonchev–Trinajstić information content (AvgIpc) is 2.50. The van der Waals surface area contributed by atoms with E-state index in [0.717, 1.165) is 12.8 Å². The van der Waals surface area contributed by atoms with Gasteiger partial charge < -0.3 is 20.2 Å². The average molecular weight is 198 g/mol. The van der Waals surface area contributed by atoms with Gasteiger partial charge >= 0.3 is 12.0 Å². The van der Waals surface area contributed by atoms with Crippen LogP contribution in [-0.2, 0) is 4.74 Å². The molecule has 0 amide bonds. The maximum Gasteiger partial charge on any atom is 0.316 e. The minimum absolute atomic E-state index is 0.0523. The second kappa shape index (κ2) is 3.45. The topological polar surface area (TPSA) is 86.2 Å². The summed E-state index contributed by atoms with van der Waals surface area (Å²) in [6.07, 6.45) is 3.35. The van der Waals surface area contributed by atoms with Crippen molar-refractivity contribution < 1.29 is 9.15 Å². The number of nitrogens with zero attached hydrogens (tertiary/aromatic N) is 2. The highest BCUT2D eigenvalue weighted by molar-refractivity contribution is 5.23. The zero-order valence-corrected chi connectivity index (χ0v) is 8.12. The Bertz CT molecular complexity index is 303. The van der Waals surface area contributed by atoms with Crippen molar-refractivity contribution in [1.82, 2.24) is 10.2 Å². The number of methoxy groups -OCH3 is 1. The number of rotatable bonds is 4. The fourth-order valence-electron chi connectivity index (χ4n) is 1.57. The summed E-state index contributed by atoms with van der Waals surface area (Å²) in [6.45, 7) is 0.686. The van der Waals surface area contributed by atoms with Crippen molar-refractivity contribution in [2.45, 2.75) is 24.9 Å². The molecule has 2 rings (SSSR count). The predicted molar refractivity (Wildman–Crippen MR) is 50.8 cm³/mol. The second-order valence-electron chi connectivity index (χ2n) is 3.54. The summed E-state index contributed by atoms with van der Waals surface area (Å²) in [5.74, 6) is 0. The van der Waals surface area contributed by atoms with Gasteiger partial charge in [0.1, 0.15) is 0 Å². The van der Waals surface area contributed by atoms with Gasteiger partial charge in [-0.25, -0.2) is 0 Å². The van der Waals surface area contributed by atoms with Crippen molar-refractivity contribution in [1.29, 1.82) is 0 Å². The van der Waals surface area contributed by atoms with E-state index in [1.54, 1.807) is 7.11 Å². The molecule has 78 valence electrons.